The van der Waals surface area contributed by atoms with Crippen LogP contribution < -0.4 is 9.80 Å². The molecule has 2 atom stereocenters. The second kappa shape index (κ2) is 23.7. The van der Waals surface area contributed by atoms with E-state index in [1.54, 1.807) is 45.2 Å². The minimum absolute atomic E-state index is 0.00899. The molecule has 72 heavy (non-hydrogen) atoms. The van der Waals surface area contributed by atoms with Crippen molar-refractivity contribution in [2.75, 3.05) is 66.9 Å². The molecule has 0 spiro atoms. The molecule has 6 rings (SSSR count). The van der Waals surface area contributed by atoms with E-state index in [2.05, 4.69) is 31.9 Å². The van der Waals surface area contributed by atoms with Crippen molar-refractivity contribution in [3.05, 3.63) is 153 Å². The van der Waals surface area contributed by atoms with Gasteiger partial charge in [0.1, 0.15) is 0 Å². The number of urea groups is 2. The molecule has 0 bridgehead atoms. The number of allylic oxidation sites excluding steroid dienone is 2. The quantitative estimate of drug-likeness (QED) is 0.0539. The molecule has 0 radical (unpaired) electrons. The van der Waals surface area contributed by atoms with Crippen molar-refractivity contribution in [1.82, 2.24) is 14.7 Å². The molecule has 2 aliphatic heterocycles. The van der Waals surface area contributed by atoms with E-state index in [-0.39, 0.29) is 83.7 Å². The Morgan fingerprint density at radius 3 is 1.29 bits per heavy atom. The van der Waals surface area contributed by atoms with Gasteiger partial charge < -0.3 is 24.2 Å². The van der Waals surface area contributed by atoms with Crippen molar-refractivity contribution in [1.29, 1.82) is 10.5 Å². The summed E-state index contributed by atoms with van der Waals surface area (Å²) in [5, 5.41) is 18.8. The van der Waals surface area contributed by atoms with E-state index < -0.39 is 59.6 Å². The second-order valence-corrected chi connectivity index (χ2v) is 17.6. The lowest BCUT2D eigenvalue weighted by molar-refractivity contribution is -0.140. The van der Waals surface area contributed by atoms with Gasteiger partial charge in [0.05, 0.1) is 93.6 Å². The highest BCUT2D eigenvalue weighted by Crippen LogP contribution is 2.44. The van der Waals surface area contributed by atoms with Gasteiger partial charge in [0, 0.05) is 23.7 Å². The van der Waals surface area contributed by atoms with Gasteiger partial charge in [0.25, 0.3) is 0 Å². The summed E-state index contributed by atoms with van der Waals surface area (Å²) in [7, 11) is 1.77. The molecule has 0 fully saturated rings. The molecule has 0 saturated heterocycles. The number of rotatable bonds is 18. The average molecular weight is 1130 g/mol. The van der Waals surface area contributed by atoms with E-state index in [1.807, 2.05) is 17.0 Å². The van der Waals surface area contributed by atoms with Crippen LogP contribution >= 0.6 is 31.9 Å². The lowest BCUT2D eigenvalue weighted by Crippen LogP contribution is -2.52. The fourth-order valence-corrected chi connectivity index (χ4v) is 9.75. The van der Waals surface area contributed by atoms with Gasteiger partial charge in [-0.1, -0.05) is 68.3 Å². The summed E-state index contributed by atoms with van der Waals surface area (Å²) in [4.78, 5) is 64.4. The Kier molecular flexibility index (Phi) is 18.0. The first kappa shape index (κ1) is 54.6. The largest absolute Gasteiger partial charge is 0.463 e. The molecule has 13 nitrogen and oxygen atoms in total. The fourth-order valence-electron chi connectivity index (χ4n) is 8.65. The number of halogens is 8. The number of nitrogens with zero attached hydrogens (tertiary/aromatic N) is 7. The first-order valence-corrected chi connectivity index (χ1v) is 24.7. The number of alkyl halides is 8. The lowest BCUT2D eigenvalue weighted by atomic mass is 9.92. The Labute approximate surface area is 428 Å². The predicted octanol–water partition coefficient (Wildman–Crippen LogP) is 11.3. The van der Waals surface area contributed by atoms with Crippen LogP contribution in [0.2, 0.25) is 0 Å². The number of nitriles is 2. The maximum atomic E-state index is 14.8. The van der Waals surface area contributed by atoms with E-state index >= 15 is 0 Å². The smallest absolute Gasteiger partial charge is 0.416 e. The van der Waals surface area contributed by atoms with Gasteiger partial charge in [-0.3, -0.25) is 9.80 Å². The Morgan fingerprint density at radius 2 is 0.986 bits per heavy atom. The molecule has 4 aromatic carbocycles. The number of carbonyl (C=O) groups is 4. The third-order valence-corrected chi connectivity index (χ3v) is 13.0. The molecular weight excluding hydrogens is 1080 g/mol. The van der Waals surface area contributed by atoms with E-state index in [4.69, 9.17) is 9.47 Å². The Morgan fingerprint density at radius 1 is 0.625 bits per heavy atom. The number of esters is 2. The fraction of sp³-hybridized carbons (Fsp3) is 0.333. The summed E-state index contributed by atoms with van der Waals surface area (Å²) in [6.07, 6.45) is -9.02. The maximum absolute atomic E-state index is 14.8. The summed E-state index contributed by atoms with van der Waals surface area (Å²) >= 11 is 6.76. The van der Waals surface area contributed by atoms with Crippen molar-refractivity contribution in [3.63, 3.8) is 0 Å². The molecule has 2 aliphatic rings. The number of hydrogen-bond donors (Lipinski definition) is 0. The van der Waals surface area contributed by atoms with Crippen LogP contribution in [0.25, 0.3) is 0 Å². The molecule has 378 valence electrons. The summed E-state index contributed by atoms with van der Waals surface area (Å²) in [6.45, 7) is 3.57. The van der Waals surface area contributed by atoms with Crippen LogP contribution in [0, 0.1) is 22.7 Å². The SMILES string of the molecule is CCOC(=O)C1=C(CBr)N(c2cccc(C(F)(F)F)c2)C(=O)N(CCCN(C)CCCN2C(=O)N(c3cccc(C(F)(F)F)c3)C(CBr)=C(C(=O)OCC)[C@H]2c2ccc(C#N)cc2)[C@@H]1c1ccc(C#N)cc1. The number of hydrogen-bond acceptors (Lipinski definition) is 9. The summed E-state index contributed by atoms with van der Waals surface area (Å²) in [5.74, 6) is -1.62. The van der Waals surface area contributed by atoms with Crippen LogP contribution in [0.5, 0.6) is 0 Å². The van der Waals surface area contributed by atoms with Crippen molar-refractivity contribution in [3.8, 4) is 12.1 Å². The van der Waals surface area contributed by atoms with Crippen molar-refractivity contribution in [2.45, 2.75) is 51.1 Å². The standard InChI is InChI=1S/C51H47Br2F6N7O6/c1-4-71-46(67)42-40(28-52)65(38-12-6-10-36(26-38)50(54,55)56)48(69)63(44(42)34-18-14-32(30-60)15-19-34)24-8-22-62(3)23-9-25-64-45(35-20-16-33(31-61)17-21-35)43(47(68)72-5-2)41(29-53)66(49(64)70)39-13-7-11-37(27-39)51(57,58)59/h6-7,10-21,26-27,44-45H,4-5,8-9,22-25,28-29H2,1-3H3/t44-,45-/m1/s1. The van der Waals surface area contributed by atoms with Crippen LogP contribution in [0.4, 0.5) is 47.3 Å². The number of ether oxygens (including phenoxy) is 2. The first-order chi connectivity index (χ1) is 34.3. The van der Waals surface area contributed by atoms with Crippen LogP contribution in [0.15, 0.2) is 120 Å². The van der Waals surface area contributed by atoms with Crippen LogP contribution in [0.1, 0.15) is 72.2 Å². The van der Waals surface area contributed by atoms with E-state index in [9.17, 15) is 56.0 Å². The van der Waals surface area contributed by atoms with E-state index in [0.717, 1.165) is 46.2 Å². The summed E-state index contributed by atoms with van der Waals surface area (Å²) in [5.41, 5.74) is -0.755. The van der Waals surface area contributed by atoms with Gasteiger partial charge in [-0.15, -0.1) is 0 Å². The van der Waals surface area contributed by atoms with Crippen molar-refractivity contribution in [2.24, 2.45) is 0 Å². The molecule has 0 N–H and O–H groups in total. The normalized spacial score (nSPS) is 16.6. The van der Waals surface area contributed by atoms with Gasteiger partial charge in [0.15, 0.2) is 0 Å². The molecule has 0 aliphatic carbocycles. The second-order valence-electron chi connectivity index (χ2n) is 16.4. The van der Waals surface area contributed by atoms with E-state index in [0.29, 0.717) is 35.3 Å². The zero-order chi connectivity index (χ0) is 52.5. The Hall–Kier alpha value is -6.68. The van der Waals surface area contributed by atoms with Crippen LogP contribution in [0.3, 0.4) is 0 Å². The molecule has 0 unspecified atom stereocenters. The van der Waals surface area contributed by atoms with Gasteiger partial charge in [0.2, 0.25) is 0 Å². The van der Waals surface area contributed by atoms with Gasteiger partial charge in [-0.05, 0) is 119 Å². The highest BCUT2D eigenvalue weighted by atomic mass is 79.9. The highest BCUT2D eigenvalue weighted by Gasteiger charge is 2.46. The molecule has 21 heteroatoms. The monoisotopic (exact) mass is 1130 g/mol. The maximum Gasteiger partial charge on any atom is 0.416 e. The number of carbonyl (C=O) groups excluding carboxylic acids is 4. The summed E-state index contributed by atoms with van der Waals surface area (Å²) in [6, 6.07) is 21.2. The first-order valence-electron chi connectivity index (χ1n) is 22.5. The summed E-state index contributed by atoms with van der Waals surface area (Å²) < 4.78 is 95.2. The third-order valence-electron chi connectivity index (χ3n) is 11.9. The number of anilines is 2. The minimum atomic E-state index is -4.75. The molecule has 2 heterocycles. The Balaban J connectivity index is 1.32. The highest BCUT2D eigenvalue weighted by molar-refractivity contribution is 9.09. The zero-order valence-corrected chi connectivity index (χ0v) is 42.2. The molecule has 4 amide bonds. The van der Waals surface area contributed by atoms with Crippen LogP contribution in [-0.4, -0.2) is 95.8 Å². The lowest BCUT2D eigenvalue weighted by Gasteiger charge is -2.44. The third kappa shape index (κ3) is 12.0. The number of benzene rings is 4. The van der Waals surface area contributed by atoms with Gasteiger partial charge >= 0.3 is 36.4 Å². The van der Waals surface area contributed by atoms with Crippen LogP contribution in [-0.2, 0) is 31.4 Å². The zero-order valence-electron chi connectivity index (χ0n) is 39.1. The topological polar surface area (TPSA) is 151 Å². The van der Waals surface area contributed by atoms with Gasteiger partial charge in [-0.2, -0.15) is 36.9 Å². The molecular formula is C51H47Br2F6N7O6. The molecule has 0 saturated carbocycles. The predicted molar refractivity (Wildman–Crippen MR) is 261 cm³/mol. The molecule has 0 aromatic heterocycles. The number of amides is 4. The van der Waals surface area contributed by atoms with Crippen molar-refractivity contribution < 1.29 is 55.0 Å². The molecule has 4 aromatic rings. The van der Waals surface area contributed by atoms with Crippen molar-refractivity contribution >= 4 is 67.2 Å². The van der Waals surface area contributed by atoms with E-state index in [1.165, 1.54) is 46.2 Å². The Bertz CT molecular complexity index is 2620. The van der Waals surface area contributed by atoms with Gasteiger partial charge in [-0.25, -0.2) is 19.2 Å². The minimum Gasteiger partial charge on any atom is -0.463 e. The average Bonchev–Trinajstić information content (AvgIpc) is 3.36.